The maximum Gasteiger partial charge on any atom is 0.124 e. The quantitative estimate of drug-likeness (QED) is 0.688. The van der Waals surface area contributed by atoms with Crippen molar-refractivity contribution >= 4 is 27.0 Å². The van der Waals surface area contributed by atoms with Crippen molar-refractivity contribution in [2.75, 3.05) is 0 Å². The second kappa shape index (κ2) is 5.37. The number of aromatic nitrogens is 2. The molecule has 0 saturated carbocycles. The molecule has 0 N–H and O–H groups in total. The van der Waals surface area contributed by atoms with Crippen LogP contribution < -0.4 is 0 Å². The van der Waals surface area contributed by atoms with Gasteiger partial charge in [-0.2, -0.15) is 0 Å². The van der Waals surface area contributed by atoms with Crippen LogP contribution >= 0.6 is 15.9 Å². The van der Waals surface area contributed by atoms with E-state index < -0.39 is 0 Å². The number of para-hydroxylation sites is 2. The molecule has 2 aromatic carbocycles. The number of imidazole rings is 1. The van der Waals surface area contributed by atoms with Crippen molar-refractivity contribution in [3.63, 3.8) is 0 Å². The molecule has 0 fully saturated rings. The number of benzene rings is 2. The van der Waals surface area contributed by atoms with Crippen LogP contribution in [0.3, 0.4) is 0 Å². The Kier molecular flexibility index (Phi) is 3.57. The Morgan fingerprint density at radius 1 is 1.20 bits per heavy atom. The summed E-state index contributed by atoms with van der Waals surface area (Å²) in [6, 6.07) is 12.9. The van der Waals surface area contributed by atoms with E-state index in [1.54, 1.807) is 0 Å². The smallest absolute Gasteiger partial charge is 0.124 e. The van der Waals surface area contributed by atoms with E-state index in [9.17, 15) is 4.39 Å². The van der Waals surface area contributed by atoms with Gasteiger partial charge in [0.25, 0.3) is 0 Å². The molecule has 0 spiro atoms. The second-order valence-corrected chi connectivity index (χ2v) is 5.55. The van der Waals surface area contributed by atoms with E-state index in [1.807, 2.05) is 24.3 Å². The summed E-state index contributed by atoms with van der Waals surface area (Å²) in [6.07, 6.45) is 0.869. The number of hydrogen-bond acceptors (Lipinski definition) is 1. The lowest BCUT2D eigenvalue weighted by Crippen LogP contribution is -2.05. The zero-order valence-electron chi connectivity index (χ0n) is 11.1. The molecule has 0 atom stereocenters. The number of hydrogen-bond donors (Lipinski definition) is 0. The van der Waals surface area contributed by atoms with E-state index in [1.165, 1.54) is 12.1 Å². The van der Waals surface area contributed by atoms with E-state index in [0.717, 1.165) is 33.3 Å². The van der Waals surface area contributed by atoms with Crippen LogP contribution in [0.25, 0.3) is 11.0 Å². The minimum atomic E-state index is -0.230. The number of fused-ring (bicyclic) bond motifs is 1. The maximum atomic E-state index is 13.2. The Morgan fingerprint density at radius 3 is 2.75 bits per heavy atom. The van der Waals surface area contributed by atoms with Crippen LogP contribution in [-0.2, 0) is 13.0 Å². The average molecular weight is 333 g/mol. The molecule has 0 bridgehead atoms. The number of nitrogens with zero attached hydrogens (tertiary/aromatic N) is 2. The first kappa shape index (κ1) is 13.3. The van der Waals surface area contributed by atoms with Crippen LogP contribution in [-0.4, -0.2) is 9.55 Å². The van der Waals surface area contributed by atoms with Crippen LogP contribution in [0.4, 0.5) is 4.39 Å². The van der Waals surface area contributed by atoms with E-state index in [4.69, 9.17) is 0 Å². The molecule has 0 aliphatic rings. The van der Waals surface area contributed by atoms with Gasteiger partial charge >= 0.3 is 0 Å². The predicted octanol–water partition coefficient (Wildman–Crippen LogP) is 4.55. The first-order valence-electron chi connectivity index (χ1n) is 6.57. The van der Waals surface area contributed by atoms with Gasteiger partial charge in [-0.1, -0.05) is 41.1 Å². The Bertz CT molecular complexity index is 764. The fourth-order valence-corrected chi connectivity index (χ4v) is 2.87. The first-order valence-corrected chi connectivity index (χ1v) is 7.36. The third kappa shape index (κ3) is 2.36. The summed E-state index contributed by atoms with van der Waals surface area (Å²) in [5.41, 5.74) is 3.16. The summed E-state index contributed by atoms with van der Waals surface area (Å²) in [7, 11) is 0. The SMILES string of the molecule is CCc1nc2ccccc2n1Cc1ccc(F)cc1Br. The second-order valence-electron chi connectivity index (χ2n) is 4.69. The van der Waals surface area contributed by atoms with Gasteiger partial charge in [0.05, 0.1) is 17.6 Å². The van der Waals surface area contributed by atoms with Crippen molar-refractivity contribution < 1.29 is 4.39 Å². The van der Waals surface area contributed by atoms with E-state index in [-0.39, 0.29) is 5.82 Å². The molecule has 0 saturated heterocycles. The zero-order chi connectivity index (χ0) is 14.1. The average Bonchev–Trinajstić information content (AvgIpc) is 2.80. The standard InChI is InChI=1S/C16H14BrFN2/c1-2-16-19-14-5-3-4-6-15(14)20(16)10-11-7-8-12(18)9-13(11)17/h3-9H,2,10H2,1H3. The highest BCUT2D eigenvalue weighted by Crippen LogP contribution is 2.23. The minimum absolute atomic E-state index is 0.230. The Hall–Kier alpha value is -1.68. The lowest BCUT2D eigenvalue weighted by Gasteiger charge is -2.10. The Labute approximate surface area is 125 Å². The van der Waals surface area contributed by atoms with Gasteiger partial charge in [-0.25, -0.2) is 9.37 Å². The maximum absolute atomic E-state index is 13.2. The molecule has 0 aliphatic heterocycles. The van der Waals surface area contributed by atoms with Gasteiger partial charge < -0.3 is 4.57 Å². The Morgan fingerprint density at radius 2 is 2.00 bits per heavy atom. The van der Waals surface area contributed by atoms with Crippen molar-refractivity contribution in [2.45, 2.75) is 19.9 Å². The molecule has 4 heteroatoms. The summed E-state index contributed by atoms with van der Waals surface area (Å²) in [5.74, 6) is 0.814. The highest BCUT2D eigenvalue weighted by atomic mass is 79.9. The molecule has 1 aromatic heterocycles. The van der Waals surface area contributed by atoms with Gasteiger partial charge in [-0.05, 0) is 29.8 Å². The van der Waals surface area contributed by atoms with Gasteiger partial charge in [-0.3, -0.25) is 0 Å². The van der Waals surface area contributed by atoms with Crippen molar-refractivity contribution in [1.29, 1.82) is 0 Å². The lowest BCUT2D eigenvalue weighted by molar-refractivity contribution is 0.625. The van der Waals surface area contributed by atoms with E-state index >= 15 is 0 Å². The van der Waals surface area contributed by atoms with Gasteiger partial charge in [-0.15, -0.1) is 0 Å². The fraction of sp³-hybridized carbons (Fsp3) is 0.188. The van der Waals surface area contributed by atoms with Crippen molar-refractivity contribution in [3.05, 3.63) is 64.1 Å². The monoisotopic (exact) mass is 332 g/mol. The molecule has 1 heterocycles. The van der Waals surface area contributed by atoms with Crippen LogP contribution in [0, 0.1) is 5.82 Å². The molecule has 0 amide bonds. The molecular weight excluding hydrogens is 319 g/mol. The van der Waals surface area contributed by atoms with E-state index in [0.29, 0.717) is 6.54 Å². The fourth-order valence-electron chi connectivity index (χ4n) is 2.39. The van der Waals surface area contributed by atoms with Gasteiger partial charge in [0.1, 0.15) is 11.6 Å². The number of aryl methyl sites for hydroxylation is 1. The van der Waals surface area contributed by atoms with Crippen LogP contribution in [0.2, 0.25) is 0 Å². The summed E-state index contributed by atoms with van der Waals surface area (Å²) >= 11 is 3.43. The molecule has 3 aromatic rings. The lowest BCUT2D eigenvalue weighted by atomic mass is 10.2. The van der Waals surface area contributed by atoms with Crippen molar-refractivity contribution in [2.24, 2.45) is 0 Å². The van der Waals surface area contributed by atoms with Gasteiger partial charge in [0.2, 0.25) is 0 Å². The molecule has 2 nitrogen and oxygen atoms in total. The predicted molar refractivity (Wildman–Crippen MR) is 82.3 cm³/mol. The van der Waals surface area contributed by atoms with Crippen molar-refractivity contribution in [3.8, 4) is 0 Å². The summed E-state index contributed by atoms with van der Waals surface area (Å²) in [5, 5.41) is 0. The largest absolute Gasteiger partial charge is 0.323 e. The molecule has 0 aliphatic carbocycles. The Balaban J connectivity index is 2.09. The summed E-state index contributed by atoms with van der Waals surface area (Å²) in [4.78, 5) is 4.65. The summed E-state index contributed by atoms with van der Waals surface area (Å²) in [6.45, 7) is 2.78. The molecule has 3 rings (SSSR count). The highest BCUT2D eigenvalue weighted by Gasteiger charge is 2.11. The third-order valence-corrected chi connectivity index (χ3v) is 4.13. The van der Waals surface area contributed by atoms with E-state index in [2.05, 4.69) is 38.5 Å². The summed E-state index contributed by atoms with van der Waals surface area (Å²) < 4.78 is 16.2. The van der Waals surface area contributed by atoms with Gasteiger partial charge in [0.15, 0.2) is 0 Å². The van der Waals surface area contributed by atoms with Gasteiger partial charge in [0, 0.05) is 10.9 Å². The van der Waals surface area contributed by atoms with Crippen LogP contribution in [0.5, 0.6) is 0 Å². The molecule has 0 unspecified atom stereocenters. The molecule has 0 radical (unpaired) electrons. The van der Waals surface area contributed by atoms with Crippen molar-refractivity contribution in [1.82, 2.24) is 9.55 Å². The minimum Gasteiger partial charge on any atom is -0.323 e. The normalized spacial score (nSPS) is 11.2. The number of rotatable bonds is 3. The third-order valence-electron chi connectivity index (χ3n) is 3.39. The number of halogens is 2. The molecule has 102 valence electrons. The van der Waals surface area contributed by atoms with Crippen LogP contribution in [0.15, 0.2) is 46.9 Å². The first-order chi connectivity index (χ1) is 9.69. The molecule has 20 heavy (non-hydrogen) atoms. The zero-order valence-corrected chi connectivity index (χ0v) is 12.7. The van der Waals surface area contributed by atoms with Crippen LogP contribution in [0.1, 0.15) is 18.3 Å². The highest BCUT2D eigenvalue weighted by molar-refractivity contribution is 9.10. The topological polar surface area (TPSA) is 17.8 Å². The molecular formula is C16H14BrFN2.